The lowest BCUT2D eigenvalue weighted by molar-refractivity contribution is -0.121. The van der Waals surface area contributed by atoms with E-state index < -0.39 is 12.7 Å². The van der Waals surface area contributed by atoms with E-state index in [2.05, 4.69) is 10.1 Å². The number of nitrogens with one attached hydrogen (secondary N) is 1. The summed E-state index contributed by atoms with van der Waals surface area (Å²) in [6.45, 7) is -0.901. The summed E-state index contributed by atoms with van der Waals surface area (Å²) in [6, 6.07) is 5.17. The zero-order valence-electron chi connectivity index (χ0n) is 13.1. The third-order valence-corrected chi connectivity index (χ3v) is 4.25. The molecule has 1 aromatic carbocycles. The molecule has 2 fully saturated rings. The van der Waals surface area contributed by atoms with Gasteiger partial charge in [0.1, 0.15) is 11.8 Å². The Balaban J connectivity index is 1.64. The van der Waals surface area contributed by atoms with Crippen LogP contribution in [-0.4, -0.2) is 49.1 Å². The SMILES string of the molecule is O=C(N[C@@H]1CCCN(c2ccc(OC(F)F)cc2)C1=O)N1CCC1. The fraction of sp³-hybridized carbons (Fsp3) is 0.500. The van der Waals surface area contributed by atoms with Gasteiger partial charge in [-0.3, -0.25) is 4.79 Å². The lowest BCUT2D eigenvalue weighted by Crippen LogP contribution is -2.57. The van der Waals surface area contributed by atoms with E-state index in [1.807, 2.05) is 0 Å². The fourth-order valence-electron chi connectivity index (χ4n) is 2.83. The molecule has 0 spiro atoms. The minimum absolute atomic E-state index is 0.0424. The summed E-state index contributed by atoms with van der Waals surface area (Å²) >= 11 is 0. The molecule has 2 aliphatic rings. The number of ether oxygens (including phenoxy) is 1. The summed E-state index contributed by atoms with van der Waals surface area (Å²) in [5, 5.41) is 2.78. The Morgan fingerprint density at radius 3 is 2.46 bits per heavy atom. The van der Waals surface area contributed by atoms with Gasteiger partial charge in [0.25, 0.3) is 0 Å². The second kappa shape index (κ2) is 7.02. The first-order valence-corrected chi connectivity index (χ1v) is 7.96. The van der Waals surface area contributed by atoms with E-state index in [9.17, 15) is 18.4 Å². The maximum absolute atomic E-state index is 12.6. The Bertz CT molecular complexity index is 605. The maximum Gasteiger partial charge on any atom is 0.387 e. The molecule has 3 rings (SSSR count). The van der Waals surface area contributed by atoms with E-state index in [4.69, 9.17) is 0 Å². The molecule has 0 saturated carbocycles. The van der Waals surface area contributed by atoms with Gasteiger partial charge < -0.3 is 19.9 Å². The number of hydrogen-bond donors (Lipinski definition) is 1. The number of alkyl halides is 2. The monoisotopic (exact) mass is 339 g/mol. The van der Waals surface area contributed by atoms with E-state index in [1.54, 1.807) is 21.9 Å². The molecule has 1 aromatic rings. The van der Waals surface area contributed by atoms with Crippen molar-refractivity contribution in [3.63, 3.8) is 0 Å². The summed E-state index contributed by atoms with van der Waals surface area (Å²) in [5.74, 6) is -0.140. The molecule has 130 valence electrons. The highest BCUT2D eigenvalue weighted by atomic mass is 19.3. The van der Waals surface area contributed by atoms with Gasteiger partial charge in [0.2, 0.25) is 5.91 Å². The Morgan fingerprint density at radius 1 is 1.17 bits per heavy atom. The summed E-state index contributed by atoms with van der Waals surface area (Å²) in [7, 11) is 0. The number of benzene rings is 1. The Labute approximate surface area is 138 Å². The number of carbonyl (C=O) groups excluding carboxylic acids is 2. The fourth-order valence-corrected chi connectivity index (χ4v) is 2.83. The molecule has 2 saturated heterocycles. The lowest BCUT2D eigenvalue weighted by atomic mass is 10.0. The van der Waals surface area contributed by atoms with Crippen molar-refractivity contribution in [2.24, 2.45) is 0 Å². The number of hydrogen-bond acceptors (Lipinski definition) is 3. The van der Waals surface area contributed by atoms with Gasteiger partial charge in [-0.1, -0.05) is 0 Å². The van der Waals surface area contributed by atoms with Crippen LogP contribution in [0.3, 0.4) is 0 Å². The first-order valence-electron chi connectivity index (χ1n) is 7.96. The van der Waals surface area contributed by atoms with Gasteiger partial charge in [0, 0.05) is 25.3 Å². The number of halogens is 2. The number of anilines is 1. The van der Waals surface area contributed by atoms with Crippen LogP contribution in [0.4, 0.5) is 19.3 Å². The maximum atomic E-state index is 12.6. The van der Waals surface area contributed by atoms with Crippen LogP contribution in [0.2, 0.25) is 0 Å². The highest BCUT2D eigenvalue weighted by Gasteiger charge is 2.32. The average molecular weight is 339 g/mol. The van der Waals surface area contributed by atoms with Crippen LogP contribution < -0.4 is 15.0 Å². The topological polar surface area (TPSA) is 61.9 Å². The highest BCUT2D eigenvalue weighted by Crippen LogP contribution is 2.24. The molecule has 3 amide bonds. The van der Waals surface area contributed by atoms with Crippen LogP contribution in [0, 0.1) is 0 Å². The molecule has 1 atom stereocenters. The predicted octanol–water partition coefficient (Wildman–Crippen LogP) is 2.20. The summed E-state index contributed by atoms with van der Waals surface area (Å²) < 4.78 is 28.7. The smallest absolute Gasteiger partial charge is 0.387 e. The van der Waals surface area contributed by atoms with Gasteiger partial charge in [0.15, 0.2) is 0 Å². The van der Waals surface area contributed by atoms with Crippen LogP contribution >= 0.6 is 0 Å². The number of amides is 3. The van der Waals surface area contributed by atoms with E-state index in [-0.39, 0.29) is 17.7 Å². The first kappa shape index (κ1) is 16.5. The molecule has 0 unspecified atom stereocenters. The Kier molecular flexibility index (Phi) is 4.82. The van der Waals surface area contributed by atoms with Crippen molar-refractivity contribution in [2.75, 3.05) is 24.5 Å². The zero-order valence-corrected chi connectivity index (χ0v) is 13.1. The van der Waals surface area contributed by atoms with Gasteiger partial charge in [-0.05, 0) is 43.5 Å². The largest absolute Gasteiger partial charge is 0.435 e. The molecular weight excluding hydrogens is 320 g/mol. The van der Waals surface area contributed by atoms with Crippen molar-refractivity contribution < 1.29 is 23.1 Å². The molecule has 0 aliphatic carbocycles. The molecular formula is C16H19F2N3O3. The van der Waals surface area contributed by atoms with Gasteiger partial charge in [0.05, 0.1) is 0 Å². The van der Waals surface area contributed by atoms with Gasteiger partial charge in [-0.25, -0.2) is 4.79 Å². The number of rotatable bonds is 4. The Hall–Kier alpha value is -2.38. The minimum atomic E-state index is -2.88. The molecule has 1 N–H and O–H groups in total. The van der Waals surface area contributed by atoms with Crippen molar-refractivity contribution >= 4 is 17.6 Å². The highest BCUT2D eigenvalue weighted by molar-refractivity contribution is 5.99. The average Bonchev–Trinajstić information content (AvgIpc) is 2.48. The van der Waals surface area contributed by atoms with E-state index >= 15 is 0 Å². The molecule has 2 heterocycles. The van der Waals surface area contributed by atoms with Crippen molar-refractivity contribution in [3.05, 3.63) is 24.3 Å². The normalized spacial score (nSPS) is 20.8. The predicted molar refractivity (Wildman–Crippen MR) is 83.2 cm³/mol. The van der Waals surface area contributed by atoms with Crippen molar-refractivity contribution in [1.82, 2.24) is 10.2 Å². The van der Waals surface area contributed by atoms with E-state index in [0.29, 0.717) is 18.7 Å². The van der Waals surface area contributed by atoms with E-state index in [0.717, 1.165) is 25.9 Å². The second-order valence-electron chi connectivity index (χ2n) is 5.85. The molecule has 2 aliphatic heterocycles. The molecule has 6 nitrogen and oxygen atoms in total. The molecule has 0 aromatic heterocycles. The van der Waals surface area contributed by atoms with Crippen molar-refractivity contribution in [2.45, 2.75) is 31.9 Å². The summed E-state index contributed by atoms with van der Waals surface area (Å²) in [5.41, 5.74) is 0.601. The molecule has 0 bridgehead atoms. The third kappa shape index (κ3) is 3.58. The number of urea groups is 1. The third-order valence-electron chi connectivity index (χ3n) is 4.25. The number of piperidine rings is 1. The van der Waals surface area contributed by atoms with Gasteiger partial charge >= 0.3 is 12.6 Å². The molecule has 0 radical (unpaired) electrons. The van der Waals surface area contributed by atoms with Crippen molar-refractivity contribution in [3.8, 4) is 5.75 Å². The minimum Gasteiger partial charge on any atom is -0.435 e. The van der Waals surface area contributed by atoms with Crippen molar-refractivity contribution in [1.29, 1.82) is 0 Å². The summed E-state index contributed by atoms with van der Waals surface area (Å²) in [6.07, 6.45) is 2.35. The number of carbonyl (C=O) groups is 2. The number of likely N-dealkylation sites (tertiary alicyclic amines) is 1. The van der Waals surface area contributed by atoms with Crippen LogP contribution in [0.1, 0.15) is 19.3 Å². The number of nitrogens with zero attached hydrogens (tertiary/aromatic N) is 2. The van der Waals surface area contributed by atoms with Gasteiger partial charge in [-0.2, -0.15) is 8.78 Å². The lowest BCUT2D eigenvalue weighted by Gasteiger charge is -2.36. The zero-order chi connectivity index (χ0) is 17.1. The first-order chi connectivity index (χ1) is 11.5. The van der Waals surface area contributed by atoms with Crippen LogP contribution in [0.5, 0.6) is 5.75 Å². The molecule has 8 heteroatoms. The Morgan fingerprint density at radius 2 is 1.88 bits per heavy atom. The van der Waals surface area contributed by atoms with Crippen LogP contribution in [-0.2, 0) is 4.79 Å². The van der Waals surface area contributed by atoms with Crippen LogP contribution in [0.25, 0.3) is 0 Å². The summed E-state index contributed by atoms with van der Waals surface area (Å²) in [4.78, 5) is 27.8. The molecule has 24 heavy (non-hydrogen) atoms. The van der Waals surface area contributed by atoms with E-state index in [1.165, 1.54) is 12.1 Å². The van der Waals surface area contributed by atoms with Gasteiger partial charge in [-0.15, -0.1) is 0 Å². The standard InChI is InChI=1S/C16H19F2N3O3/c17-15(18)24-12-6-4-11(5-7-12)21-10-1-3-13(14(21)22)19-16(23)20-8-2-9-20/h4-7,13,15H,1-3,8-10H2,(H,19,23)/t13-/m1/s1. The quantitative estimate of drug-likeness (QED) is 0.915. The second-order valence-corrected chi connectivity index (χ2v) is 5.85. The van der Waals surface area contributed by atoms with Crippen LogP contribution in [0.15, 0.2) is 24.3 Å².